The third kappa shape index (κ3) is 7.76. The Morgan fingerprint density at radius 2 is 1.92 bits per heavy atom. The highest BCUT2D eigenvalue weighted by Crippen LogP contribution is 2.17. The van der Waals surface area contributed by atoms with Crippen LogP contribution in [0.3, 0.4) is 0 Å². The number of guanidine groups is 1. The summed E-state index contributed by atoms with van der Waals surface area (Å²) in [5.41, 5.74) is 1.17. The van der Waals surface area contributed by atoms with Crippen LogP contribution in [0.4, 0.5) is 0 Å². The van der Waals surface area contributed by atoms with Crippen LogP contribution in [-0.2, 0) is 6.54 Å². The van der Waals surface area contributed by atoms with E-state index in [4.69, 9.17) is 0 Å². The Morgan fingerprint density at radius 3 is 2.48 bits per heavy atom. The zero-order valence-electron chi connectivity index (χ0n) is 15.9. The third-order valence-electron chi connectivity index (χ3n) is 4.42. The smallest absolute Gasteiger partial charge is 0.191 e. The van der Waals surface area contributed by atoms with Crippen LogP contribution >= 0.6 is 35.3 Å². The standard InChI is InChI=1S/C17H32N6S.HI/c1-5-22-8-10-23(11-9-22)7-6-19-17(18-4)20-12-16-21-15(13-24-16)14(2)3;/h13-14H,5-12H2,1-4H3,(H2,18,19,20);1H. The Morgan fingerprint density at radius 1 is 1.24 bits per heavy atom. The molecule has 1 saturated heterocycles. The molecule has 8 heteroatoms. The van der Waals surface area contributed by atoms with Crippen molar-refractivity contribution in [1.29, 1.82) is 0 Å². The van der Waals surface area contributed by atoms with Crippen LogP contribution in [-0.4, -0.2) is 73.6 Å². The lowest BCUT2D eigenvalue weighted by atomic mass is 10.2. The van der Waals surface area contributed by atoms with Gasteiger partial charge in [0.1, 0.15) is 5.01 Å². The number of piperazine rings is 1. The molecular formula is C17H33IN6S. The van der Waals surface area contributed by atoms with Crippen LogP contribution in [0, 0.1) is 0 Å². The number of aliphatic imine (C=N–C) groups is 1. The number of thiazole rings is 1. The van der Waals surface area contributed by atoms with Crippen molar-refractivity contribution in [3.05, 3.63) is 16.1 Å². The maximum atomic E-state index is 4.65. The summed E-state index contributed by atoms with van der Waals surface area (Å²) in [7, 11) is 1.82. The second-order valence-electron chi connectivity index (χ2n) is 6.45. The van der Waals surface area contributed by atoms with Gasteiger partial charge in [0.05, 0.1) is 12.2 Å². The van der Waals surface area contributed by atoms with E-state index in [9.17, 15) is 0 Å². The van der Waals surface area contributed by atoms with E-state index in [0.29, 0.717) is 5.92 Å². The number of likely N-dealkylation sites (N-methyl/N-ethyl adjacent to an activating group) is 1. The fourth-order valence-corrected chi connectivity index (χ4v) is 3.61. The zero-order valence-corrected chi connectivity index (χ0v) is 19.1. The summed E-state index contributed by atoms with van der Waals surface area (Å²) in [4.78, 5) is 14.0. The topological polar surface area (TPSA) is 55.8 Å². The molecule has 2 N–H and O–H groups in total. The van der Waals surface area contributed by atoms with Gasteiger partial charge < -0.3 is 15.5 Å². The van der Waals surface area contributed by atoms with Gasteiger partial charge in [-0.15, -0.1) is 35.3 Å². The number of aromatic nitrogens is 1. The Balaban J connectivity index is 0.00000312. The monoisotopic (exact) mass is 480 g/mol. The minimum atomic E-state index is 0. The molecule has 1 fully saturated rings. The Labute approximate surface area is 173 Å². The molecule has 1 aromatic rings. The molecule has 0 saturated carbocycles. The highest BCUT2D eigenvalue weighted by Gasteiger charge is 2.14. The predicted octanol–water partition coefficient (Wildman–Crippen LogP) is 2.19. The van der Waals surface area contributed by atoms with Gasteiger partial charge in [-0.3, -0.25) is 9.89 Å². The molecule has 0 spiro atoms. The lowest BCUT2D eigenvalue weighted by Gasteiger charge is -2.34. The van der Waals surface area contributed by atoms with Crippen LogP contribution < -0.4 is 10.6 Å². The number of hydrogen-bond acceptors (Lipinski definition) is 5. The molecule has 2 rings (SSSR count). The van der Waals surface area contributed by atoms with Gasteiger partial charge in [-0.2, -0.15) is 0 Å². The third-order valence-corrected chi connectivity index (χ3v) is 5.29. The molecule has 0 atom stereocenters. The van der Waals surface area contributed by atoms with Gasteiger partial charge in [0, 0.05) is 51.7 Å². The number of nitrogens with one attached hydrogen (secondary N) is 2. The van der Waals surface area contributed by atoms with E-state index in [1.165, 1.54) is 31.9 Å². The Bertz CT molecular complexity index is 511. The molecule has 0 bridgehead atoms. The lowest BCUT2D eigenvalue weighted by Crippen LogP contribution is -2.49. The summed E-state index contributed by atoms with van der Waals surface area (Å²) in [6.45, 7) is 15.2. The lowest BCUT2D eigenvalue weighted by molar-refractivity contribution is 0.139. The number of rotatable bonds is 7. The summed E-state index contributed by atoms with van der Waals surface area (Å²) in [6, 6.07) is 0. The van der Waals surface area contributed by atoms with Crippen molar-refractivity contribution in [2.75, 3.05) is 52.9 Å². The average Bonchev–Trinajstić information content (AvgIpc) is 3.08. The highest BCUT2D eigenvalue weighted by molar-refractivity contribution is 14.0. The minimum Gasteiger partial charge on any atom is -0.355 e. The van der Waals surface area contributed by atoms with Crippen LogP contribution in [0.2, 0.25) is 0 Å². The first-order chi connectivity index (χ1) is 11.6. The van der Waals surface area contributed by atoms with Gasteiger partial charge in [-0.05, 0) is 12.5 Å². The van der Waals surface area contributed by atoms with E-state index < -0.39 is 0 Å². The second-order valence-corrected chi connectivity index (χ2v) is 7.39. The van der Waals surface area contributed by atoms with Gasteiger partial charge in [0.2, 0.25) is 0 Å². The van der Waals surface area contributed by atoms with E-state index >= 15 is 0 Å². The molecule has 1 aliphatic heterocycles. The summed E-state index contributed by atoms with van der Waals surface area (Å²) < 4.78 is 0. The Kier molecular flexibility index (Phi) is 10.9. The van der Waals surface area contributed by atoms with Gasteiger partial charge in [0.15, 0.2) is 5.96 Å². The van der Waals surface area contributed by atoms with Crippen molar-refractivity contribution in [2.45, 2.75) is 33.2 Å². The largest absolute Gasteiger partial charge is 0.355 e. The highest BCUT2D eigenvalue weighted by atomic mass is 127. The maximum absolute atomic E-state index is 4.65. The van der Waals surface area contributed by atoms with Crippen LogP contribution in [0.15, 0.2) is 10.4 Å². The fourth-order valence-electron chi connectivity index (χ4n) is 2.71. The van der Waals surface area contributed by atoms with Crippen molar-refractivity contribution in [3.63, 3.8) is 0 Å². The van der Waals surface area contributed by atoms with Crippen molar-refractivity contribution in [3.8, 4) is 0 Å². The van der Waals surface area contributed by atoms with Gasteiger partial charge in [-0.25, -0.2) is 4.98 Å². The van der Waals surface area contributed by atoms with E-state index in [0.717, 1.165) is 37.1 Å². The molecule has 25 heavy (non-hydrogen) atoms. The first-order valence-corrected chi connectivity index (χ1v) is 9.83. The molecule has 0 aliphatic carbocycles. The zero-order chi connectivity index (χ0) is 17.4. The van der Waals surface area contributed by atoms with Crippen molar-refractivity contribution >= 4 is 41.3 Å². The summed E-state index contributed by atoms with van der Waals surface area (Å²) in [5.74, 6) is 1.34. The van der Waals surface area contributed by atoms with Gasteiger partial charge >= 0.3 is 0 Å². The van der Waals surface area contributed by atoms with Gasteiger partial charge in [0.25, 0.3) is 0 Å². The molecule has 144 valence electrons. The molecule has 0 unspecified atom stereocenters. The van der Waals surface area contributed by atoms with E-state index in [1.807, 2.05) is 7.05 Å². The van der Waals surface area contributed by atoms with Gasteiger partial charge in [-0.1, -0.05) is 20.8 Å². The summed E-state index contributed by atoms with van der Waals surface area (Å²) in [5, 5.41) is 10.0. The molecule has 0 radical (unpaired) electrons. The van der Waals surface area contributed by atoms with Crippen LogP contribution in [0.25, 0.3) is 0 Å². The van der Waals surface area contributed by atoms with Crippen molar-refractivity contribution in [2.24, 2.45) is 4.99 Å². The minimum absolute atomic E-state index is 0. The Hall–Kier alpha value is -0.450. The molecule has 1 aliphatic rings. The number of halogens is 1. The number of nitrogens with zero attached hydrogens (tertiary/aromatic N) is 4. The molecule has 6 nitrogen and oxygen atoms in total. The fraction of sp³-hybridized carbons (Fsp3) is 0.765. The summed E-state index contributed by atoms with van der Waals surface area (Å²) in [6.07, 6.45) is 0. The second kappa shape index (κ2) is 12.0. The van der Waals surface area contributed by atoms with Crippen molar-refractivity contribution in [1.82, 2.24) is 25.4 Å². The van der Waals surface area contributed by atoms with Crippen molar-refractivity contribution < 1.29 is 0 Å². The molecular weight excluding hydrogens is 447 g/mol. The molecule has 0 aromatic carbocycles. The normalized spacial score (nSPS) is 16.8. The van der Waals surface area contributed by atoms with E-state index in [-0.39, 0.29) is 24.0 Å². The molecule has 1 aromatic heterocycles. The SMILES string of the molecule is CCN1CCN(CCNC(=NC)NCc2nc(C(C)C)cs2)CC1.I. The average molecular weight is 480 g/mol. The predicted molar refractivity (Wildman–Crippen MR) is 118 cm³/mol. The first-order valence-electron chi connectivity index (χ1n) is 8.96. The maximum Gasteiger partial charge on any atom is 0.191 e. The number of hydrogen-bond donors (Lipinski definition) is 2. The molecule has 2 heterocycles. The quantitative estimate of drug-likeness (QED) is 0.356. The van der Waals surface area contributed by atoms with Crippen LogP contribution in [0.1, 0.15) is 37.4 Å². The molecule has 0 amide bonds. The summed E-state index contributed by atoms with van der Waals surface area (Å²) >= 11 is 1.71. The van der Waals surface area contributed by atoms with E-state index in [2.05, 4.69) is 56.6 Å². The van der Waals surface area contributed by atoms with E-state index in [1.54, 1.807) is 11.3 Å². The van der Waals surface area contributed by atoms with Crippen LogP contribution in [0.5, 0.6) is 0 Å². The first kappa shape index (κ1) is 22.6.